The highest BCUT2D eigenvalue weighted by molar-refractivity contribution is 7.71. The molecule has 0 aliphatic heterocycles. The van der Waals surface area contributed by atoms with Gasteiger partial charge in [0.05, 0.1) is 24.2 Å². The van der Waals surface area contributed by atoms with Gasteiger partial charge in [-0.05, 0) is 36.8 Å². The summed E-state index contributed by atoms with van der Waals surface area (Å²) in [5.41, 5.74) is 1.61. The summed E-state index contributed by atoms with van der Waals surface area (Å²) in [6, 6.07) is 4.58. The first-order valence-electron chi connectivity index (χ1n) is 5.79. The van der Waals surface area contributed by atoms with Crippen molar-refractivity contribution in [3.8, 4) is 0 Å². The van der Waals surface area contributed by atoms with Crippen molar-refractivity contribution in [2.24, 2.45) is 0 Å². The van der Waals surface area contributed by atoms with E-state index in [0.29, 0.717) is 24.5 Å². The number of ether oxygens (including phenoxy) is 1. The molecule has 0 saturated heterocycles. The molecule has 1 aromatic heterocycles. The molecule has 1 N–H and O–H groups in total. The quantitative estimate of drug-likeness (QED) is 0.493. The number of aromatic amines is 1. The maximum absolute atomic E-state index is 13.2. The molecule has 0 aliphatic rings. The Morgan fingerprint density at radius 2 is 2.28 bits per heavy atom. The maximum atomic E-state index is 13.2. The van der Waals surface area contributed by atoms with Crippen molar-refractivity contribution >= 4 is 23.3 Å². The minimum Gasteiger partial charge on any atom is -0.379 e. The number of rotatable bonds is 6. The molecular weight excluding hydrogens is 251 g/mol. The van der Waals surface area contributed by atoms with Gasteiger partial charge < -0.3 is 14.3 Å². The van der Waals surface area contributed by atoms with E-state index >= 15 is 0 Å². The number of nitrogens with one attached hydrogen (secondary N) is 1. The zero-order chi connectivity index (χ0) is 13.0. The van der Waals surface area contributed by atoms with Crippen molar-refractivity contribution in [3.63, 3.8) is 0 Å². The number of halogens is 1. The van der Waals surface area contributed by atoms with Gasteiger partial charge in [-0.3, -0.25) is 0 Å². The molecule has 2 aromatic rings. The monoisotopic (exact) mass is 266 g/mol. The molecule has 0 spiro atoms. The van der Waals surface area contributed by atoms with Crippen molar-refractivity contribution in [2.75, 3.05) is 13.2 Å². The van der Waals surface area contributed by atoms with Gasteiger partial charge in [0.15, 0.2) is 4.77 Å². The fourth-order valence-electron chi connectivity index (χ4n) is 1.77. The van der Waals surface area contributed by atoms with Gasteiger partial charge in [-0.15, -0.1) is 6.58 Å². The van der Waals surface area contributed by atoms with Crippen LogP contribution in [0.4, 0.5) is 4.39 Å². The van der Waals surface area contributed by atoms with Crippen LogP contribution in [0.5, 0.6) is 0 Å². The van der Waals surface area contributed by atoms with Crippen LogP contribution < -0.4 is 0 Å². The predicted molar refractivity (Wildman–Crippen MR) is 72.7 cm³/mol. The van der Waals surface area contributed by atoms with Gasteiger partial charge in [0, 0.05) is 6.54 Å². The first-order chi connectivity index (χ1) is 8.72. The Morgan fingerprint density at radius 1 is 1.44 bits per heavy atom. The summed E-state index contributed by atoms with van der Waals surface area (Å²) in [7, 11) is 0. The fraction of sp³-hybridized carbons (Fsp3) is 0.308. The van der Waals surface area contributed by atoms with E-state index in [9.17, 15) is 4.39 Å². The van der Waals surface area contributed by atoms with Crippen LogP contribution in [-0.4, -0.2) is 22.8 Å². The molecule has 18 heavy (non-hydrogen) atoms. The molecule has 0 fully saturated rings. The first-order valence-corrected chi connectivity index (χ1v) is 6.20. The third-order valence-electron chi connectivity index (χ3n) is 2.66. The summed E-state index contributed by atoms with van der Waals surface area (Å²) in [6.45, 7) is 5.43. The zero-order valence-electron chi connectivity index (χ0n) is 9.99. The molecule has 3 nitrogen and oxygen atoms in total. The number of nitrogens with zero attached hydrogens (tertiary/aromatic N) is 1. The third-order valence-corrected chi connectivity index (χ3v) is 2.99. The summed E-state index contributed by atoms with van der Waals surface area (Å²) < 4.78 is 21.1. The van der Waals surface area contributed by atoms with Crippen LogP contribution in [-0.2, 0) is 11.3 Å². The maximum Gasteiger partial charge on any atom is 0.178 e. The molecule has 0 saturated carbocycles. The lowest BCUT2D eigenvalue weighted by molar-refractivity contribution is 0.131. The van der Waals surface area contributed by atoms with Gasteiger partial charge in [-0.25, -0.2) is 4.39 Å². The van der Waals surface area contributed by atoms with Gasteiger partial charge in [0.25, 0.3) is 0 Å². The van der Waals surface area contributed by atoms with Crippen LogP contribution in [0.25, 0.3) is 11.0 Å². The number of benzene rings is 1. The summed E-state index contributed by atoms with van der Waals surface area (Å²) in [5, 5.41) is 0. The Morgan fingerprint density at radius 3 is 3.06 bits per heavy atom. The lowest BCUT2D eigenvalue weighted by Gasteiger charge is -2.05. The Hall–Kier alpha value is -1.46. The Kier molecular flexibility index (Phi) is 4.28. The minimum atomic E-state index is -0.266. The smallest absolute Gasteiger partial charge is 0.178 e. The van der Waals surface area contributed by atoms with Crippen LogP contribution in [0, 0.1) is 10.6 Å². The van der Waals surface area contributed by atoms with Gasteiger partial charge in [-0.1, -0.05) is 6.08 Å². The summed E-state index contributed by atoms with van der Waals surface area (Å²) in [5.74, 6) is -0.266. The van der Waals surface area contributed by atoms with E-state index in [1.807, 2.05) is 10.6 Å². The van der Waals surface area contributed by atoms with Crippen molar-refractivity contribution < 1.29 is 9.13 Å². The Balaban J connectivity index is 2.12. The number of imidazole rings is 1. The van der Waals surface area contributed by atoms with E-state index in [4.69, 9.17) is 17.0 Å². The molecule has 0 radical (unpaired) electrons. The molecule has 1 heterocycles. The highest BCUT2D eigenvalue weighted by Gasteiger charge is 2.05. The average molecular weight is 266 g/mol. The number of H-pyrrole nitrogens is 1. The number of hydrogen-bond acceptors (Lipinski definition) is 2. The van der Waals surface area contributed by atoms with E-state index in [1.165, 1.54) is 12.1 Å². The fourth-order valence-corrected chi connectivity index (χ4v) is 2.07. The number of fused-ring (bicyclic) bond motifs is 1. The van der Waals surface area contributed by atoms with Gasteiger partial charge in [0.2, 0.25) is 0 Å². The van der Waals surface area contributed by atoms with Crippen LogP contribution >= 0.6 is 12.2 Å². The van der Waals surface area contributed by atoms with Crippen LogP contribution in [0.1, 0.15) is 6.42 Å². The average Bonchev–Trinajstić information content (AvgIpc) is 2.65. The van der Waals surface area contributed by atoms with Crippen LogP contribution in [0.3, 0.4) is 0 Å². The van der Waals surface area contributed by atoms with E-state index in [0.717, 1.165) is 17.5 Å². The molecule has 2 rings (SSSR count). The molecule has 0 amide bonds. The van der Waals surface area contributed by atoms with Crippen LogP contribution in [0.15, 0.2) is 30.9 Å². The Labute approximate surface area is 110 Å². The number of aromatic nitrogens is 2. The summed E-state index contributed by atoms with van der Waals surface area (Å²) in [6.07, 6.45) is 2.64. The summed E-state index contributed by atoms with van der Waals surface area (Å²) >= 11 is 5.21. The molecule has 0 unspecified atom stereocenters. The first kappa shape index (κ1) is 13.0. The standard InChI is InChI=1S/C13H15FN2OS/c1-2-3-7-17-8-6-16-12-9-10(14)4-5-11(12)15-13(16)18/h2,4-5,9H,1,3,6-8H2,(H,15,18). The predicted octanol–water partition coefficient (Wildman–Crippen LogP) is 3.43. The second-order valence-corrected chi connectivity index (χ2v) is 4.32. The summed E-state index contributed by atoms with van der Waals surface area (Å²) in [4.78, 5) is 3.05. The highest BCUT2D eigenvalue weighted by Crippen LogP contribution is 2.15. The highest BCUT2D eigenvalue weighted by atomic mass is 32.1. The molecule has 0 aliphatic carbocycles. The molecule has 1 aromatic carbocycles. The molecular formula is C13H15FN2OS. The largest absolute Gasteiger partial charge is 0.379 e. The minimum absolute atomic E-state index is 0.266. The van der Waals surface area contributed by atoms with E-state index in [1.54, 1.807) is 6.07 Å². The Bertz CT molecular complexity index is 603. The van der Waals surface area contributed by atoms with Crippen molar-refractivity contribution in [2.45, 2.75) is 13.0 Å². The second-order valence-electron chi connectivity index (χ2n) is 3.93. The molecule has 5 heteroatoms. The lowest BCUT2D eigenvalue weighted by Crippen LogP contribution is -2.06. The van der Waals surface area contributed by atoms with Crippen molar-refractivity contribution in [1.82, 2.24) is 9.55 Å². The molecule has 0 atom stereocenters. The molecule has 0 bridgehead atoms. The topological polar surface area (TPSA) is 29.9 Å². The second kappa shape index (κ2) is 5.93. The van der Waals surface area contributed by atoms with Crippen molar-refractivity contribution in [1.29, 1.82) is 0 Å². The van der Waals surface area contributed by atoms with Gasteiger partial charge >= 0.3 is 0 Å². The number of hydrogen-bond donors (Lipinski definition) is 1. The zero-order valence-corrected chi connectivity index (χ0v) is 10.8. The third kappa shape index (κ3) is 2.86. The molecule has 96 valence electrons. The SMILES string of the molecule is C=CCCOCCn1c(=S)[nH]c2ccc(F)cc21. The van der Waals surface area contributed by atoms with E-state index in [2.05, 4.69) is 11.6 Å². The van der Waals surface area contributed by atoms with E-state index < -0.39 is 0 Å². The van der Waals surface area contributed by atoms with Gasteiger partial charge in [0.1, 0.15) is 5.82 Å². The van der Waals surface area contributed by atoms with Crippen LogP contribution in [0.2, 0.25) is 0 Å². The normalized spacial score (nSPS) is 10.9. The van der Waals surface area contributed by atoms with Gasteiger partial charge in [-0.2, -0.15) is 0 Å². The van der Waals surface area contributed by atoms with Crippen molar-refractivity contribution in [3.05, 3.63) is 41.4 Å². The van der Waals surface area contributed by atoms with E-state index in [-0.39, 0.29) is 5.82 Å². The lowest BCUT2D eigenvalue weighted by atomic mass is 10.3.